The molecule has 0 aromatic heterocycles. The van der Waals surface area contributed by atoms with E-state index in [-0.39, 0.29) is 0 Å². The summed E-state index contributed by atoms with van der Waals surface area (Å²) in [5, 5.41) is 6.48. The molecule has 140 valence electrons. The van der Waals surface area contributed by atoms with Crippen molar-refractivity contribution in [3.63, 3.8) is 0 Å². The summed E-state index contributed by atoms with van der Waals surface area (Å²) in [4.78, 5) is 6.64. The summed E-state index contributed by atoms with van der Waals surface area (Å²) in [6.45, 7) is 5.75. The fourth-order valence-electron chi connectivity index (χ4n) is 3.05. The van der Waals surface area contributed by atoms with Gasteiger partial charge in [-0.15, -0.1) is 0 Å². The largest absolute Gasteiger partial charge is 0.416 e. The molecule has 1 fully saturated rings. The minimum absolute atomic E-state index is 0.304. The minimum atomic E-state index is -4.32. The van der Waals surface area contributed by atoms with Crippen LogP contribution in [0.25, 0.3) is 0 Å². The predicted molar refractivity (Wildman–Crippen MR) is 94.5 cm³/mol. The van der Waals surface area contributed by atoms with E-state index in [2.05, 4.69) is 27.4 Å². The molecule has 0 aliphatic carbocycles. The smallest absolute Gasteiger partial charge is 0.354 e. The first-order valence-corrected chi connectivity index (χ1v) is 8.78. The van der Waals surface area contributed by atoms with Gasteiger partial charge in [0.2, 0.25) is 0 Å². The van der Waals surface area contributed by atoms with Gasteiger partial charge in [-0.2, -0.15) is 13.2 Å². The van der Waals surface area contributed by atoms with Crippen LogP contribution in [0.2, 0.25) is 0 Å². The second-order valence-corrected chi connectivity index (χ2v) is 6.38. The first kappa shape index (κ1) is 19.6. The average molecular weight is 356 g/mol. The lowest BCUT2D eigenvalue weighted by Gasteiger charge is -2.32. The Morgan fingerprint density at radius 3 is 2.60 bits per heavy atom. The summed E-state index contributed by atoms with van der Waals surface area (Å²) in [6, 6.07) is 5.71. The number of piperidine rings is 1. The van der Waals surface area contributed by atoms with Crippen LogP contribution in [0.15, 0.2) is 29.3 Å². The van der Waals surface area contributed by atoms with E-state index >= 15 is 0 Å². The Hall–Kier alpha value is -1.76. The number of guanidine groups is 1. The van der Waals surface area contributed by atoms with E-state index in [4.69, 9.17) is 0 Å². The van der Waals surface area contributed by atoms with Crippen molar-refractivity contribution in [3.8, 4) is 0 Å². The number of nitrogens with zero attached hydrogens (tertiary/aromatic N) is 2. The monoisotopic (exact) mass is 356 g/mol. The molecule has 0 unspecified atom stereocenters. The van der Waals surface area contributed by atoms with Crippen molar-refractivity contribution < 1.29 is 13.2 Å². The number of likely N-dealkylation sites (tertiary alicyclic amines) is 1. The number of halogens is 3. The number of nitrogens with one attached hydrogen (secondary N) is 2. The number of alkyl halides is 3. The molecule has 25 heavy (non-hydrogen) atoms. The van der Waals surface area contributed by atoms with Gasteiger partial charge in [0.15, 0.2) is 5.96 Å². The first-order chi connectivity index (χ1) is 11.9. The van der Waals surface area contributed by atoms with Crippen molar-refractivity contribution in [1.82, 2.24) is 15.5 Å². The third-order valence-corrected chi connectivity index (χ3v) is 4.41. The Balaban J connectivity index is 1.83. The summed E-state index contributed by atoms with van der Waals surface area (Å²) in [5.41, 5.74) is -0.0476. The molecule has 4 nitrogen and oxygen atoms in total. The normalized spacial score (nSPS) is 17.6. The molecule has 0 spiro atoms. The lowest BCUT2D eigenvalue weighted by molar-refractivity contribution is -0.137. The number of hydrogen-bond acceptors (Lipinski definition) is 2. The quantitative estimate of drug-likeness (QED) is 0.628. The summed E-state index contributed by atoms with van der Waals surface area (Å²) in [5.74, 6) is 0.631. The fraction of sp³-hybridized carbons (Fsp3) is 0.611. The third-order valence-electron chi connectivity index (χ3n) is 4.41. The van der Waals surface area contributed by atoms with Crippen LogP contribution in [0.1, 0.15) is 37.3 Å². The summed E-state index contributed by atoms with van der Waals surface area (Å²) >= 11 is 0. The van der Waals surface area contributed by atoms with E-state index in [0.717, 1.165) is 45.0 Å². The predicted octanol–water partition coefficient (Wildman–Crippen LogP) is 3.24. The number of rotatable bonds is 5. The molecule has 7 heteroatoms. The van der Waals surface area contributed by atoms with Crippen LogP contribution in [-0.2, 0) is 12.7 Å². The number of aliphatic imine (C=N–C) groups is 1. The van der Waals surface area contributed by atoms with Crippen molar-refractivity contribution in [1.29, 1.82) is 0 Å². The molecule has 0 radical (unpaired) electrons. The number of benzene rings is 1. The van der Waals surface area contributed by atoms with E-state index in [1.807, 2.05) is 0 Å². The molecule has 1 heterocycles. The molecule has 2 N–H and O–H groups in total. The average Bonchev–Trinajstić information content (AvgIpc) is 2.60. The van der Waals surface area contributed by atoms with Crippen LogP contribution < -0.4 is 10.6 Å². The van der Waals surface area contributed by atoms with Gasteiger partial charge in [0.05, 0.1) is 5.56 Å². The van der Waals surface area contributed by atoms with Crippen molar-refractivity contribution in [2.24, 2.45) is 4.99 Å². The van der Waals surface area contributed by atoms with Crippen LogP contribution in [-0.4, -0.2) is 43.6 Å². The van der Waals surface area contributed by atoms with Gasteiger partial charge in [0.25, 0.3) is 0 Å². The molecule has 1 aliphatic rings. The fourth-order valence-corrected chi connectivity index (χ4v) is 3.05. The molecular formula is C18H27F3N4. The summed E-state index contributed by atoms with van der Waals surface area (Å²) in [6.07, 6.45) is -1.06. The van der Waals surface area contributed by atoms with E-state index in [0.29, 0.717) is 24.1 Å². The van der Waals surface area contributed by atoms with Gasteiger partial charge in [0.1, 0.15) is 0 Å². The van der Waals surface area contributed by atoms with Gasteiger partial charge in [-0.25, -0.2) is 0 Å². The lowest BCUT2D eigenvalue weighted by Crippen LogP contribution is -2.48. The molecule has 1 aromatic rings. The molecular weight excluding hydrogens is 329 g/mol. The highest BCUT2D eigenvalue weighted by atomic mass is 19.4. The Labute approximate surface area is 147 Å². The van der Waals surface area contributed by atoms with E-state index in [9.17, 15) is 13.2 Å². The van der Waals surface area contributed by atoms with E-state index in [1.165, 1.54) is 12.1 Å². The molecule has 0 bridgehead atoms. The van der Waals surface area contributed by atoms with Gasteiger partial charge in [0, 0.05) is 32.7 Å². The van der Waals surface area contributed by atoms with Crippen LogP contribution in [0.4, 0.5) is 13.2 Å². The van der Waals surface area contributed by atoms with Crippen molar-refractivity contribution in [3.05, 3.63) is 35.4 Å². The molecule has 0 atom stereocenters. The van der Waals surface area contributed by atoms with E-state index in [1.54, 1.807) is 13.1 Å². The standard InChI is InChI=1S/C18H27F3N4/c1-3-9-25-10-7-16(8-11-25)24-17(22-2)23-13-14-5-4-6-15(12-14)18(19,20)21/h4-6,12,16H,3,7-11,13H2,1-2H3,(H2,22,23,24). The molecule has 1 aliphatic heterocycles. The molecule has 0 amide bonds. The first-order valence-electron chi connectivity index (χ1n) is 8.78. The van der Waals surface area contributed by atoms with Gasteiger partial charge in [-0.3, -0.25) is 4.99 Å². The third kappa shape index (κ3) is 6.23. The van der Waals surface area contributed by atoms with Crippen LogP contribution in [0.3, 0.4) is 0 Å². The maximum atomic E-state index is 12.8. The minimum Gasteiger partial charge on any atom is -0.354 e. The number of hydrogen-bond donors (Lipinski definition) is 2. The van der Waals surface area contributed by atoms with Gasteiger partial charge < -0.3 is 15.5 Å². The highest BCUT2D eigenvalue weighted by molar-refractivity contribution is 5.79. The SMILES string of the molecule is CCCN1CCC(NC(=NC)NCc2cccc(C(F)(F)F)c2)CC1. The molecule has 2 rings (SSSR count). The van der Waals surface area contributed by atoms with Crippen LogP contribution in [0, 0.1) is 0 Å². The van der Waals surface area contributed by atoms with Gasteiger partial charge in [-0.1, -0.05) is 19.1 Å². The lowest BCUT2D eigenvalue weighted by atomic mass is 10.1. The zero-order valence-corrected chi connectivity index (χ0v) is 14.9. The molecule has 1 aromatic carbocycles. The van der Waals surface area contributed by atoms with Crippen LogP contribution in [0.5, 0.6) is 0 Å². The Bertz CT molecular complexity index is 564. The Kier molecular flexibility index (Phi) is 7.11. The highest BCUT2D eigenvalue weighted by Crippen LogP contribution is 2.29. The maximum absolute atomic E-state index is 12.8. The van der Waals surface area contributed by atoms with Crippen LogP contribution >= 0.6 is 0 Å². The summed E-state index contributed by atoms with van der Waals surface area (Å²) in [7, 11) is 1.67. The zero-order chi connectivity index (χ0) is 18.3. The topological polar surface area (TPSA) is 39.7 Å². The van der Waals surface area contributed by atoms with Gasteiger partial charge in [-0.05, 0) is 43.5 Å². The summed E-state index contributed by atoms with van der Waals surface area (Å²) < 4.78 is 38.3. The van der Waals surface area contributed by atoms with E-state index < -0.39 is 11.7 Å². The van der Waals surface area contributed by atoms with Crippen molar-refractivity contribution >= 4 is 5.96 Å². The molecule has 1 saturated heterocycles. The zero-order valence-electron chi connectivity index (χ0n) is 14.9. The molecule has 0 saturated carbocycles. The Morgan fingerprint density at radius 2 is 2.00 bits per heavy atom. The van der Waals surface area contributed by atoms with Crippen molar-refractivity contribution in [2.75, 3.05) is 26.7 Å². The van der Waals surface area contributed by atoms with Crippen molar-refractivity contribution in [2.45, 2.75) is 44.9 Å². The van der Waals surface area contributed by atoms with Gasteiger partial charge >= 0.3 is 6.18 Å². The maximum Gasteiger partial charge on any atom is 0.416 e. The second kappa shape index (κ2) is 9.08. The second-order valence-electron chi connectivity index (χ2n) is 6.38. The highest BCUT2D eigenvalue weighted by Gasteiger charge is 2.30. The Morgan fingerprint density at radius 1 is 1.28 bits per heavy atom.